The molecule has 0 aliphatic rings. The highest BCUT2D eigenvalue weighted by Gasteiger charge is 2.09. The number of Topliss-reactive ketones (excluding diaryl/α,β-unsaturated/α-hetero) is 1. The minimum Gasteiger partial charge on any atom is -0.494 e. The molecule has 126 valence electrons. The lowest BCUT2D eigenvalue weighted by molar-refractivity contribution is -0.121. The Kier molecular flexibility index (Phi) is 6.95. The molecule has 0 saturated carbocycles. The van der Waals surface area contributed by atoms with Crippen LogP contribution >= 0.6 is 0 Å². The van der Waals surface area contributed by atoms with E-state index in [1.807, 2.05) is 25.1 Å². The number of pyridine rings is 1. The van der Waals surface area contributed by atoms with Crippen molar-refractivity contribution in [2.24, 2.45) is 0 Å². The van der Waals surface area contributed by atoms with E-state index in [1.54, 1.807) is 30.5 Å². The van der Waals surface area contributed by atoms with Gasteiger partial charge in [0, 0.05) is 43.3 Å². The zero-order valence-corrected chi connectivity index (χ0v) is 13.8. The number of aromatic nitrogens is 1. The van der Waals surface area contributed by atoms with Crippen molar-refractivity contribution in [1.29, 1.82) is 0 Å². The van der Waals surface area contributed by atoms with E-state index >= 15 is 0 Å². The van der Waals surface area contributed by atoms with Gasteiger partial charge >= 0.3 is 0 Å². The molecule has 0 radical (unpaired) electrons. The van der Waals surface area contributed by atoms with Crippen LogP contribution in [-0.4, -0.2) is 29.8 Å². The molecular formula is C19H22N2O3. The number of benzene rings is 1. The number of ketones is 1. The van der Waals surface area contributed by atoms with Crippen molar-refractivity contribution >= 4 is 11.7 Å². The molecule has 2 aromatic rings. The lowest BCUT2D eigenvalue weighted by Crippen LogP contribution is -2.26. The van der Waals surface area contributed by atoms with Crippen LogP contribution in [0.3, 0.4) is 0 Å². The van der Waals surface area contributed by atoms with Gasteiger partial charge in [0.05, 0.1) is 6.61 Å². The van der Waals surface area contributed by atoms with Gasteiger partial charge in [0.2, 0.25) is 5.91 Å². The van der Waals surface area contributed by atoms with Crippen molar-refractivity contribution in [3.8, 4) is 5.75 Å². The average molecular weight is 326 g/mol. The molecule has 0 saturated heterocycles. The van der Waals surface area contributed by atoms with Crippen LogP contribution in [0.4, 0.5) is 0 Å². The standard InChI is InChI=1S/C19H22N2O3/c1-2-24-17-8-6-15(7-9-17)18(22)10-11-19(23)21-14-12-16-5-3-4-13-20-16/h3-9,13H,2,10-12,14H2,1H3,(H,21,23). The second-order valence-corrected chi connectivity index (χ2v) is 5.30. The monoisotopic (exact) mass is 326 g/mol. The minimum atomic E-state index is -0.120. The molecule has 0 unspecified atom stereocenters. The van der Waals surface area contributed by atoms with Crippen molar-refractivity contribution in [1.82, 2.24) is 10.3 Å². The number of rotatable bonds is 9. The lowest BCUT2D eigenvalue weighted by atomic mass is 10.1. The van der Waals surface area contributed by atoms with Gasteiger partial charge in [-0.15, -0.1) is 0 Å². The summed E-state index contributed by atoms with van der Waals surface area (Å²) in [4.78, 5) is 28.1. The van der Waals surface area contributed by atoms with Gasteiger partial charge in [-0.1, -0.05) is 6.07 Å². The van der Waals surface area contributed by atoms with Gasteiger partial charge in [0.1, 0.15) is 5.75 Å². The van der Waals surface area contributed by atoms with E-state index in [4.69, 9.17) is 4.74 Å². The summed E-state index contributed by atoms with van der Waals surface area (Å²) in [5.74, 6) is 0.574. The molecule has 1 heterocycles. The zero-order valence-electron chi connectivity index (χ0n) is 13.8. The maximum absolute atomic E-state index is 12.1. The molecule has 0 aliphatic heterocycles. The highest BCUT2D eigenvalue weighted by atomic mass is 16.5. The van der Waals surface area contributed by atoms with Gasteiger partial charge in [0.25, 0.3) is 0 Å². The van der Waals surface area contributed by atoms with Gasteiger partial charge in [0.15, 0.2) is 5.78 Å². The summed E-state index contributed by atoms with van der Waals surface area (Å²) >= 11 is 0. The molecule has 0 atom stereocenters. The van der Waals surface area contributed by atoms with E-state index in [0.29, 0.717) is 25.1 Å². The first-order valence-corrected chi connectivity index (χ1v) is 8.11. The Hall–Kier alpha value is -2.69. The molecule has 1 aromatic carbocycles. The summed E-state index contributed by atoms with van der Waals surface area (Å²) in [5.41, 5.74) is 1.53. The highest BCUT2D eigenvalue weighted by Crippen LogP contribution is 2.14. The first kappa shape index (κ1) is 17.7. The fraction of sp³-hybridized carbons (Fsp3) is 0.316. The Labute approximate surface area is 142 Å². The smallest absolute Gasteiger partial charge is 0.220 e. The molecule has 1 amide bonds. The van der Waals surface area contributed by atoms with Crippen LogP contribution in [0.15, 0.2) is 48.7 Å². The zero-order chi connectivity index (χ0) is 17.2. The van der Waals surface area contributed by atoms with Gasteiger partial charge in [-0.05, 0) is 43.3 Å². The third-order valence-electron chi connectivity index (χ3n) is 3.50. The van der Waals surface area contributed by atoms with E-state index in [2.05, 4.69) is 10.3 Å². The van der Waals surface area contributed by atoms with Crippen LogP contribution < -0.4 is 10.1 Å². The number of nitrogens with zero attached hydrogens (tertiary/aromatic N) is 1. The molecule has 0 bridgehead atoms. The number of amides is 1. The second kappa shape index (κ2) is 9.45. The van der Waals surface area contributed by atoms with Gasteiger partial charge in [-0.2, -0.15) is 0 Å². The number of carbonyl (C=O) groups is 2. The van der Waals surface area contributed by atoms with E-state index in [1.165, 1.54) is 0 Å². The minimum absolute atomic E-state index is 0.0436. The van der Waals surface area contributed by atoms with Crippen LogP contribution in [0.1, 0.15) is 35.8 Å². The molecule has 0 spiro atoms. The summed E-state index contributed by atoms with van der Waals surface area (Å²) in [5, 5.41) is 2.81. The van der Waals surface area contributed by atoms with Crippen molar-refractivity contribution < 1.29 is 14.3 Å². The molecule has 24 heavy (non-hydrogen) atoms. The maximum atomic E-state index is 12.1. The molecule has 2 rings (SSSR count). The Balaban J connectivity index is 1.69. The van der Waals surface area contributed by atoms with Gasteiger partial charge in [-0.25, -0.2) is 0 Å². The van der Waals surface area contributed by atoms with Crippen LogP contribution in [0.2, 0.25) is 0 Å². The van der Waals surface area contributed by atoms with Crippen molar-refractivity contribution in [2.75, 3.05) is 13.2 Å². The normalized spacial score (nSPS) is 10.2. The summed E-state index contributed by atoms with van der Waals surface area (Å²) < 4.78 is 5.34. The molecule has 5 nitrogen and oxygen atoms in total. The Bertz CT molecular complexity index is 654. The maximum Gasteiger partial charge on any atom is 0.220 e. The van der Waals surface area contributed by atoms with Crippen molar-refractivity contribution in [3.05, 3.63) is 59.9 Å². The average Bonchev–Trinajstić information content (AvgIpc) is 2.61. The third kappa shape index (κ3) is 5.83. The summed E-state index contributed by atoms with van der Waals surface area (Å²) in [7, 11) is 0. The molecule has 1 aromatic heterocycles. The largest absolute Gasteiger partial charge is 0.494 e. The van der Waals surface area contributed by atoms with Crippen LogP contribution in [0.5, 0.6) is 5.75 Å². The second-order valence-electron chi connectivity index (χ2n) is 5.30. The SMILES string of the molecule is CCOc1ccc(C(=O)CCC(=O)NCCc2ccccn2)cc1. The number of hydrogen-bond acceptors (Lipinski definition) is 4. The Morgan fingerprint density at radius 1 is 1.08 bits per heavy atom. The summed E-state index contributed by atoms with van der Waals surface area (Å²) in [6.07, 6.45) is 2.80. The predicted molar refractivity (Wildman–Crippen MR) is 92.1 cm³/mol. The highest BCUT2D eigenvalue weighted by molar-refractivity contribution is 5.98. The lowest BCUT2D eigenvalue weighted by Gasteiger charge is -2.06. The van der Waals surface area contributed by atoms with Crippen molar-refractivity contribution in [3.63, 3.8) is 0 Å². The number of ether oxygens (including phenoxy) is 1. The van der Waals surface area contributed by atoms with Gasteiger partial charge < -0.3 is 10.1 Å². The fourth-order valence-corrected chi connectivity index (χ4v) is 2.24. The number of hydrogen-bond donors (Lipinski definition) is 1. The third-order valence-corrected chi connectivity index (χ3v) is 3.50. The van der Waals surface area contributed by atoms with E-state index in [0.717, 1.165) is 11.4 Å². The molecule has 0 aliphatic carbocycles. The van der Waals surface area contributed by atoms with Crippen LogP contribution in [-0.2, 0) is 11.2 Å². The summed E-state index contributed by atoms with van der Waals surface area (Å²) in [6, 6.07) is 12.7. The Morgan fingerprint density at radius 2 is 1.88 bits per heavy atom. The number of carbonyl (C=O) groups excluding carboxylic acids is 2. The quantitative estimate of drug-likeness (QED) is 0.720. The predicted octanol–water partition coefficient (Wildman–Crippen LogP) is 2.80. The van der Waals surface area contributed by atoms with Crippen LogP contribution in [0, 0.1) is 0 Å². The molecule has 5 heteroatoms. The molecular weight excluding hydrogens is 304 g/mol. The Morgan fingerprint density at radius 3 is 2.54 bits per heavy atom. The summed E-state index contributed by atoms with van der Waals surface area (Å²) in [6.45, 7) is 3.02. The van der Waals surface area contributed by atoms with E-state index in [9.17, 15) is 9.59 Å². The number of nitrogens with one attached hydrogen (secondary N) is 1. The van der Waals surface area contributed by atoms with E-state index < -0.39 is 0 Å². The fourth-order valence-electron chi connectivity index (χ4n) is 2.24. The van der Waals surface area contributed by atoms with Gasteiger partial charge in [-0.3, -0.25) is 14.6 Å². The first-order chi connectivity index (χ1) is 11.7. The molecule has 1 N–H and O–H groups in total. The van der Waals surface area contributed by atoms with Crippen LogP contribution in [0.25, 0.3) is 0 Å². The van der Waals surface area contributed by atoms with Crippen molar-refractivity contribution in [2.45, 2.75) is 26.2 Å². The topological polar surface area (TPSA) is 68.3 Å². The first-order valence-electron chi connectivity index (χ1n) is 8.11. The molecule has 0 fully saturated rings. The van der Waals surface area contributed by atoms with E-state index in [-0.39, 0.29) is 24.5 Å².